The number of halogens is 2. The molecule has 0 fully saturated rings. The number of carbonyl (C=O) groups is 1. The molecule has 0 aliphatic heterocycles. The monoisotopic (exact) mass is 504 g/mol. The van der Waals surface area contributed by atoms with Crippen LogP contribution in [0.1, 0.15) is 29.8 Å². The van der Waals surface area contributed by atoms with Crippen LogP contribution in [-0.2, 0) is 6.42 Å². The van der Waals surface area contributed by atoms with Crippen LogP contribution in [0.2, 0.25) is 0 Å². The van der Waals surface area contributed by atoms with Gasteiger partial charge in [-0.25, -0.2) is 14.4 Å². The van der Waals surface area contributed by atoms with Crippen molar-refractivity contribution in [3.8, 4) is 29.4 Å². The first kappa shape index (κ1) is 25.6. The second-order valence-electron chi connectivity index (χ2n) is 8.31. The summed E-state index contributed by atoms with van der Waals surface area (Å²) in [7, 11) is 0. The Kier molecular flexibility index (Phi) is 7.65. The minimum absolute atomic E-state index is 0.00514. The van der Waals surface area contributed by atoms with Gasteiger partial charge in [0, 0.05) is 41.8 Å². The molecule has 10 heteroatoms. The van der Waals surface area contributed by atoms with Gasteiger partial charge in [-0.3, -0.25) is 9.20 Å². The van der Waals surface area contributed by atoms with Crippen molar-refractivity contribution in [1.82, 2.24) is 19.7 Å². The summed E-state index contributed by atoms with van der Waals surface area (Å²) in [6.07, 6.45) is 10.3. The highest BCUT2D eigenvalue weighted by atomic mass is 19.2. The molecule has 4 N–H and O–H groups in total. The summed E-state index contributed by atoms with van der Waals surface area (Å²) in [4.78, 5) is 21.4. The van der Waals surface area contributed by atoms with Crippen molar-refractivity contribution in [1.29, 1.82) is 0 Å². The normalized spacial score (nSPS) is 11.7. The van der Waals surface area contributed by atoms with Crippen molar-refractivity contribution >= 4 is 23.1 Å². The van der Waals surface area contributed by atoms with Gasteiger partial charge < -0.3 is 21.1 Å². The van der Waals surface area contributed by atoms with E-state index < -0.39 is 11.6 Å². The van der Waals surface area contributed by atoms with Gasteiger partial charge in [0.1, 0.15) is 6.61 Å². The molecule has 0 saturated carbocycles. The van der Waals surface area contributed by atoms with Crippen molar-refractivity contribution in [2.24, 2.45) is 5.73 Å². The number of benzene rings is 2. The zero-order chi connectivity index (χ0) is 26.5. The van der Waals surface area contributed by atoms with Gasteiger partial charge in [-0.1, -0.05) is 12.8 Å². The van der Waals surface area contributed by atoms with E-state index in [1.807, 2.05) is 19.9 Å². The van der Waals surface area contributed by atoms with Crippen LogP contribution >= 0.6 is 0 Å². The molecule has 1 amide bonds. The van der Waals surface area contributed by atoms with Crippen LogP contribution in [0.3, 0.4) is 0 Å². The van der Waals surface area contributed by atoms with Gasteiger partial charge in [0.2, 0.25) is 5.82 Å². The summed E-state index contributed by atoms with van der Waals surface area (Å²) in [5, 5.41) is 6.08. The number of anilines is 2. The van der Waals surface area contributed by atoms with Crippen LogP contribution in [-0.4, -0.2) is 39.5 Å². The van der Waals surface area contributed by atoms with Gasteiger partial charge in [0.05, 0.1) is 11.9 Å². The van der Waals surface area contributed by atoms with Gasteiger partial charge >= 0.3 is 0 Å². The van der Waals surface area contributed by atoms with Gasteiger partial charge in [0.15, 0.2) is 23.0 Å². The lowest BCUT2D eigenvalue weighted by Gasteiger charge is -2.15. The molecule has 37 heavy (non-hydrogen) atoms. The number of nitrogens with one attached hydrogen (secondary N) is 2. The van der Waals surface area contributed by atoms with E-state index in [4.69, 9.17) is 16.9 Å². The van der Waals surface area contributed by atoms with E-state index >= 15 is 0 Å². The van der Waals surface area contributed by atoms with E-state index in [2.05, 4.69) is 26.5 Å². The molecule has 0 aliphatic rings. The molecule has 2 heterocycles. The molecule has 4 rings (SSSR count). The highest BCUT2D eigenvalue weighted by Crippen LogP contribution is 2.32. The highest BCUT2D eigenvalue weighted by molar-refractivity contribution is 5.96. The van der Waals surface area contributed by atoms with Crippen molar-refractivity contribution in [3.05, 3.63) is 71.7 Å². The molecule has 2 aromatic heterocycles. The lowest BCUT2D eigenvalue weighted by Crippen LogP contribution is -2.38. The number of aromatic nitrogens is 3. The van der Waals surface area contributed by atoms with Crippen LogP contribution < -0.4 is 21.1 Å². The standard InChI is InChI=1S/C27H26F2N6O2/c1-4-12-37-22-9-8-20(23(28)24(22)29)21-15-32-26-25(31-10-11-35(21)26)34-18-6-7-19(17(5-2)13-18)27(36)33-16(3)14-30/h1,6-11,13,15-16H,5,12,14,30H2,2-3H3,(H,31,34)(H,33,36)/t16-/m1/s1. The Morgan fingerprint density at radius 1 is 1.24 bits per heavy atom. The fourth-order valence-electron chi connectivity index (χ4n) is 3.85. The number of amides is 1. The molecular weight excluding hydrogens is 478 g/mol. The van der Waals surface area contributed by atoms with Crippen molar-refractivity contribution < 1.29 is 18.3 Å². The van der Waals surface area contributed by atoms with Crippen molar-refractivity contribution in [2.45, 2.75) is 26.3 Å². The third-order valence-corrected chi connectivity index (χ3v) is 5.79. The molecule has 1 atom stereocenters. The molecule has 4 aromatic rings. The topological polar surface area (TPSA) is 107 Å². The number of nitrogens with zero attached hydrogens (tertiary/aromatic N) is 3. The van der Waals surface area contributed by atoms with Crippen LogP contribution in [0.15, 0.2) is 48.9 Å². The fourth-order valence-corrected chi connectivity index (χ4v) is 3.85. The molecule has 2 aromatic carbocycles. The number of ether oxygens (including phenoxy) is 1. The fraction of sp³-hybridized carbons (Fsp3) is 0.222. The van der Waals surface area contributed by atoms with Gasteiger partial charge in [-0.2, -0.15) is 4.39 Å². The van der Waals surface area contributed by atoms with Crippen LogP contribution in [0.5, 0.6) is 5.75 Å². The van der Waals surface area contributed by atoms with Crippen molar-refractivity contribution in [3.63, 3.8) is 0 Å². The molecule has 0 saturated heterocycles. The minimum Gasteiger partial charge on any atom is -0.478 e. The second kappa shape index (κ2) is 11.1. The van der Waals surface area contributed by atoms with E-state index in [0.29, 0.717) is 41.4 Å². The summed E-state index contributed by atoms with van der Waals surface area (Å²) in [6, 6.07) is 7.95. The number of hydrogen-bond acceptors (Lipinski definition) is 6. The van der Waals surface area contributed by atoms with Crippen LogP contribution in [0.25, 0.3) is 16.9 Å². The minimum atomic E-state index is -1.13. The zero-order valence-electron chi connectivity index (χ0n) is 20.4. The Hall–Kier alpha value is -4.49. The molecular formula is C27H26F2N6O2. The maximum Gasteiger partial charge on any atom is 0.251 e. The second-order valence-corrected chi connectivity index (χ2v) is 8.31. The maximum atomic E-state index is 14.9. The first-order valence-corrected chi connectivity index (χ1v) is 11.7. The van der Waals surface area contributed by atoms with Gasteiger partial charge in [0.25, 0.3) is 5.91 Å². The molecule has 0 spiro atoms. The molecule has 0 unspecified atom stereocenters. The summed E-state index contributed by atoms with van der Waals surface area (Å²) in [5.74, 6) is -0.0444. The number of terminal acetylenes is 1. The number of nitrogens with two attached hydrogens (primary N) is 1. The molecule has 0 radical (unpaired) electrons. The zero-order valence-corrected chi connectivity index (χ0v) is 20.4. The van der Waals surface area contributed by atoms with Gasteiger partial charge in [-0.05, 0) is 49.2 Å². The number of rotatable bonds is 9. The van der Waals surface area contributed by atoms with E-state index in [1.54, 1.807) is 22.7 Å². The Morgan fingerprint density at radius 2 is 2.05 bits per heavy atom. The third kappa shape index (κ3) is 5.22. The van der Waals surface area contributed by atoms with E-state index in [-0.39, 0.29) is 29.9 Å². The average molecular weight is 505 g/mol. The molecule has 8 nitrogen and oxygen atoms in total. The Bertz CT molecular complexity index is 1490. The molecule has 190 valence electrons. The van der Waals surface area contributed by atoms with E-state index in [1.165, 1.54) is 24.5 Å². The lowest BCUT2D eigenvalue weighted by atomic mass is 10.0. The Balaban J connectivity index is 1.65. The molecule has 0 aliphatic carbocycles. The lowest BCUT2D eigenvalue weighted by molar-refractivity contribution is 0.0940. The predicted molar refractivity (Wildman–Crippen MR) is 138 cm³/mol. The Labute approximate surface area is 212 Å². The SMILES string of the molecule is C#CCOc1ccc(-c2cnc3c(Nc4ccc(C(=O)N[C@H](C)CN)c(CC)c4)nccn23)c(F)c1F. The first-order valence-electron chi connectivity index (χ1n) is 11.7. The number of hydrogen-bond donors (Lipinski definition) is 3. The quantitative estimate of drug-likeness (QED) is 0.297. The van der Waals surface area contributed by atoms with Crippen LogP contribution in [0.4, 0.5) is 20.3 Å². The summed E-state index contributed by atoms with van der Waals surface area (Å²) in [6.45, 7) is 3.96. The largest absolute Gasteiger partial charge is 0.478 e. The number of aryl methyl sites for hydroxylation is 1. The summed E-state index contributed by atoms with van der Waals surface area (Å²) < 4.78 is 36.1. The average Bonchev–Trinajstić information content (AvgIpc) is 3.34. The predicted octanol–water partition coefficient (Wildman–Crippen LogP) is 4.07. The highest BCUT2D eigenvalue weighted by Gasteiger charge is 2.20. The number of imidazole rings is 1. The summed E-state index contributed by atoms with van der Waals surface area (Å²) >= 11 is 0. The molecule has 0 bridgehead atoms. The van der Waals surface area contributed by atoms with E-state index in [9.17, 15) is 13.6 Å². The van der Waals surface area contributed by atoms with Crippen LogP contribution in [0, 0.1) is 24.0 Å². The van der Waals surface area contributed by atoms with E-state index in [0.717, 1.165) is 5.56 Å². The Morgan fingerprint density at radius 3 is 2.78 bits per heavy atom. The van der Waals surface area contributed by atoms with Gasteiger partial charge in [-0.15, -0.1) is 6.42 Å². The first-order chi connectivity index (χ1) is 17.9. The summed E-state index contributed by atoms with van der Waals surface area (Å²) in [5.41, 5.74) is 8.45. The number of carbonyl (C=O) groups excluding carboxylic acids is 1. The number of fused-ring (bicyclic) bond motifs is 1. The maximum absolute atomic E-state index is 14.9. The van der Waals surface area contributed by atoms with Crippen molar-refractivity contribution in [2.75, 3.05) is 18.5 Å². The third-order valence-electron chi connectivity index (χ3n) is 5.79. The smallest absolute Gasteiger partial charge is 0.251 e.